The second-order valence-electron chi connectivity index (χ2n) is 3.27. The summed E-state index contributed by atoms with van der Waals surface area (Å²) in [6.45, 7) is 3.20. The molecule has 1 saturated heterocycles. The molecule has 1 aliphatic rings. The van der Waals surface area contributed by atoms with Gasteiger partial charge in [0, 0.05) is 13.1 Å². The third kappa shape index (κ3) is 2.47. The highest BCUT2D eigenvalue weighted by Crippen LogP contribution is 2.17. The first-order chi connectivity index (χ1) is 6.70. The minimum absolute atomic E-state index is 0.00115. The Balaban J connectivity index is 2.59. The summed E-state index contributed by atoms with van der Waals surface area (Å²) >= 11 is 3.12. The van der Waals surface area contributed by atoms with Crippen molar-refractivity contribution in [1.82, 2.24) is 10.2 Å². The Morgan fingerprint density at radius 3 is 2.86 bits per heavy atom. The monoisotopic (exact) mass is 262 g/mol. The lowest BCUT2D eigenvalue weighted by Crippen LogP contribution is -2.46. The predicted octanol–water partition coefficient (Wildman–Crippen LogP) is 0.508. The zero-order valence-electron chi connectivity index (χ0n) is 8.25. The maximum atomic E-state index is 11.6. The van der Waals surface area contributed by atoms with Crippen LogP contribution in [0, 0.1) is 0 Å². The minimum Gasteiger partial charge on any atom is -0.355 e. The highest BCUT2D eigenvalue weighted by molar-refractivity contribution is 9.09. The zero-order chi connectivity index (χ0) is 10.6. The van der Waals surface area contributed by atoms with Gasteiger partial charge in [0.15, 0.2) is 0 Å². The van der Waals surface area contributed by atoms with Gasteiger partial charge in [-0.15, -0.1) is 0 Å². The molecule has 0 unspecified atom stereocenters. The summed E-state index contributed by atoms with van der Waals surface area (Å²) in [6.07, 6.45) is 1.70. The average molecular weight is 263 g/mol. The van der Waals surface area contributed by atoms with E-state index in [4.69, 9.17) is 0 Å². The number of nitrogens with one attached hydrogen (secondary N) is 1. The number of hydrogen-bond acceptors (Lipinski definition) is 2. The van der Waals surface area contributed by atoms with Gasteiger partial charge in [-0.3, -0.25) is 9.59 Å². The number of likely N-dealkylation sites (tertiary alicyclic amines) is 1. The molecule has 0 aromatic rings. The molecule has 1 fully saturated rings. The maximum absolute atomic E-state index is 11.6. The fourth-order valence-corrected chi connectivity index (χ4v) is 2.03. The first kappa shape index (κ1) is 11.5. The Bertz CT molecular complexity index is 233. The lowest BCUT2D eigenvalue weighted by molar-refractivity contribution is -0.136. The summed E-state index contributed by atoms with van der Waals surface area (Å²) in [4.78, 5) is 24.6. The molecule has 1 atom stereocenters. The molecular formula is C9H15BrN2O2. The zero-order valence-corrected chi connectivity index (χ0v) is 9.84. The van der Waals surface area contributed by atoms with E-state index in [1.807, 2.05) is 6.92 Å². The fraction of sp³-hybridized carbons (Fsp3) is 0.778. The lowest BCUT2D eigenvalue weighted by Gasteiger charge is -2.22. The van der Waals surface area contributed by atoms with Gasteiger partial charge in [0.05, 0.1) is 5.33 Å². The first-order valence-electron chi connectivity index (χ1n) is 4.83. The van der Waals surface area contributed by atoms with Gasteiger partial charge in [-0.1, -0.05) is 15.9 Å². The number of likely N-dealkylation sites (N-methyl/N-ethyl adjacent to an activating group) is 1. The van der Waals surface area contributed by atoms with Gasteiger partial charge in [-0.25, -0.2) is 0 Å². The van der Waals surface area contributed by atoms with Crippen molar-refractivity contribution in [2.45, 2.75) is 25.8 Å². The van der Waals surface area contributed by atoms with Gasteiger partial charge >= 0.3 is 0 Å². The molecule has 2 amide bonds. The largest absolute Gasteiger partial charge is 0.355 e. The van der Waals surface area contributed by atoms with Crippen LogP contribution in [0.4, 0.5) is 0 Å². The maximum Gasteiger partial charge on any atom is 0.242 e. The van der Waals surface area contributed by atoms with Crippen molar-refractivity contribution in [1.29, 1.82) is 0 Å². The quantitative estimate of drug-likeness (QED) is 0.754. The molecule has 4 nitrogen and oxygen atoms in total. The molecule has 1 heterocycles. The van der Waals surface area contributed by atoms with Gasteiger partial charge < -0.3 is 10.2 Å². The molecule has 0 aromatic heterocycles. The number of carbonyl (C=O) groups excluding carboxylic acids is 2. The van der Waals surface area contributed by atoms with Crippen LogP contribution in [0.1, 0.15) is 19.8 Å². The van der Waals surface area contributed by atoms with E-state index >= 15 is 0 Å². The van der Waals surface area contributed by atoms with E-state index in [0.717, 1.165) is 12.8 Å². The Morgan fingerprint density at radius 2 is 2.29 bits per heavy atom. The molecule has 0 bridgehead atoms. The molecule has 80 valence electrons. The number of nitrogens with zero attached hydrogens (tertiary/aromatic N) is 1. The second-order valence-corrected chi connectivity index (χ2v) is 3.83. The molecular weight excluding hydrogens is 248 g/mol. The topological polar surface area (TPSA) is 49.4 Å². The molecule has 14 heavy (non-hydrogen) atoms. The van der Waals surface area contributed by atoms with Crippen molar-refractivity contribution in [3.8, 4) is 0 Å². The third-order valence-corrected chi connectivity index (χ3v) is 2.82. The van der Waals surface area contributed by atoms with Crippen molar-refractivity contribution in [2.75, 3.05) is 18.4 Å². The number of carbonyl (C=O) groups is 2. The molecule has 0 saturated carbocycles. The lowest BCUT2D eigenvalue weighted by atomic mass is 10.2. The first-order valence-corrected chi connectivity index (χ1v) is 5.96. The Hall–Kier alpha value is -0.580. The van der Waals surface area contributed by atoms with Crippen molar-refractivity contribution in [3.63, 3.8) is 0 Å². The van der Waals surface area contributed by atoms with Crippen molar-refractivity contribution < 1.29 is 9.59 Å². The Labute approximate surface area is 92.2 Å². The standard InChI is InChI=1S/C9H15BrN2O2/c1-2-11-9(14)7-4-3-5-12(7)8(13)6-10/h7H,2-6H2,1H3,(H,11,14)/t7-/m1/s1. The van der Waals surface area contributed by atoms with Crippen molar-refractivity contribution in [3.05, 3.63) is 0 Å². The third-order valence-electron chi connectivity index (χ3n) is 2.34. The molecule has 1 N–H and O–H groups in total. The molecule has 0 aliphatic carbocycles. The number of rotatable bonds is 3. The van der Waals surface area contributed by atoms with Crippen LogP contribution < -0.4 is 5.32 Å². The van der Waals surface area contributed by atoms with Crippen LogP contribution in [-0.2, 0) is 9.59 Å². The van der Waals surface area contributed by atoms with E-state index < -0.39 is 0 Å². The molecule has 0 radical (unpaired) electrons. The molecule has 5 heteroatoms. The summed E-state index contributed by atoms with van der Waals surface area (Å²) in [5, 5.41) is 3.04. The van der Waals surface area contributed by atoms with Crippen LogP contribution in [0.5, 0.6) is 0 Å². The van der Waals surface area contributed by atoms with Gasteiger partial charge in [-0.2, -0.15) is 0 Å². The number of hydrogen-bond donors (Lipinski definition) is 1. The smallest absolute Gasteiger partial charge is 0.242 e. The van der Waals surface area contributed by atoms with Crippen LogP contribution in [0.15, 0.2) is 0 Å². The molecule has 0 aromatic carbocycles. The highest BCUT2D eigenvalue weighted by atomic mass is 79.9. The number of alkyl halides is 1. The van der Waals surface area contributed by atoms with E-state index in [0.29, 0.717) is 18.4 Å². The molecule has 1 aliphatic heterocycles. The van der Waals surface area contributed by atoms with E-state index in [1.54, 1.807) is 4.90 Å². The van der Waals surface area contributed by atoms with E-state index in [-0.39, 0.29) is 17.9 Å². The Morgan fingerprint density at radius 1 is 1.57 bits per heavy atom. The van der Waals surface area contributed by atoms with Crippen LogP contribution in [0.2, 0.25) is 0 Å². The van der Waals surface area contributed by atoms with Crippen LogP contribution in [0.25, 0.3) is 0 Å². The van der Waals surface area contributed by atoms with E-state index in [2.05, 4.69) is 21.2 Å². The van der Waals surface area contributed by atoms with Gasteiger partial charge in [-0.05, 0) is 19.8 Å². The summed E-state index contributed by atoms with van der Waals surface area (Å²) in [5.74, 6) is -0.0296. The van der Waals surface area contributed by atoms with E-state index in [9.17, 15) is 9.59 Å². The van der Waals surface area contributed by atoms with Gasteiger partial charge in [0.1, 0.15) is 6.04 Å². The van der Waals surface area contributed by atoms with E-state index in [1.165, 1.54) is 0 Å². The van der Waals surface area contributed by atoms with Gasteiger partial charge in [0.2, 0.25) is 11.8 Å². The summed E-state index contributed by atoms with van der Waals surface area (Å²) in [6, 6.07) is -0.250. The molecule has 1 rings (SSSR count). The molecule has 0 spiro atoms. The van der Waals surface area contributed by atoms with Crippen LogP contribution in [-0.4, -0.2) is 41.2 Å². The van der Waals surface area contributed by atoms with Crippen molar-refractivity contribution in [2.24, 2.45) is 0 Å². The number of amides is 2. The van der Waals surface area contributed by atoms with Crippen LogP contribution >= 0.6 is 15.9 Å². The van der Waals surface area contributed by atoms with Gasteiger partial charge in [0.25, 0.3) is 0 Å². The minimum atomic E-state index is -0.250. The number of halogens is 1. The average Bonchev–Trinajstić information content (AvgIpc) is 2.65. The van der Waals surface area contributed by atoms with Crippen LogP contribution in [0.3, 0.4) is 0 Å². The summed E-state index contributed by atoms with van der Waals surface area (Å²) < 4.78 is 0. The second kappa shape index (κ2) is 5.34. The fourth-order valence-electron chi connectivity index (χ4n) is 1.71. The summed E-state index contributed by atoms with van der Waals surface area (Å²) in [7, 11) is 0. The SMILES string of the molecule is CCNC(=O)[C@H]1CCCN1C(=O)CBr. The summed E-state index contributed by atoms with van der Waals surface area (Å²) in [5.41, 5.74) is 0. The highest BCUT2D eigenvalue weighted by Gasteiger charge is 2.32. The predicted molar refractivity (Wildman–Crippen MR) is 57.2 cm³/mol. The van der Waals surface area contributed by atoms with Crippen molar-refractivity contribution >= 4 is 27.7 Å². The normalized spacial score (nSPS) is 21.0. The Kier molecular flexibility index (Phi) is 4.38.